The van der Waals surface area contributed by atoms with E-state index in [4.69, 9.17) is 4.74 Å². The third-order valence-corrected chi connectivity index (χ3v) is 3.62. The number of hydrogen-bond donors (Lipinski definition) is 0. The Morgan fingerprint density at radius 3 is 2.65 bits per heavy atom. The monoisotopic (exact) mass is 269 g/mol. The predicted molar refractivity (Wildman–Crippen MR) is 79.3 cm³/mol. The highest BCUT2D eigenvalue weighted by molar-refractivity contribution is 5.43. The van der Waals surface area contributed by atoms with Crippen LogP contribution >= 0.6 is 0 Å². The average molecular weight is 269 g/mol. The molecule has 4 heteroatoms. The molecule has 1 aliphatic rings. The van der Waals surface area contributed by atoms with Crippen LogP contribution in [0.2, 0.25) is 0 Å². The third kappa shape index (κ3) is 2.90. The first-order valence-electron chi connectivity index (χ1n) is 7.13. The Morgan fingerprint density at radius 1 is 1.05 bits per heavy atom. The van der Waals surface area contributed by atoms with Crippen LogP contribution in [0.1, 0.15) is 24.8 Å². The summed E-state index contributed by atoms with van der Waals surface area (Å²) in [6.45, 7) is 4.17. The van der Waals surface area contributed by atoms with Gasteiger partial charge in [-0.15, -0.1) is 0 Å². The molecule has 104 valence electrons. The number of rotatable bonds is 3. The summed E-state index contributed by atoms with van der Waals surface area (Å²) in [5, 5.41) is 0. The van der Waals surface area contributed by atoms with Crippen molar-refractivity contribution < 1.29 is 4.74 Å². The zero-order valence-electron chi connectivity index (χ0n) is 11.7. The Kier molecular flexibility index (Phi) is 3.81. The van der Waals surface area contributed by atoms with Gasteiger partial charge in [-0.25, -0.2) is 9.97 Å². The molecule has 1 aromatic carbocycles. The van der Waals surface area contributed by atoms with E-state index < -0.39 is 0 Å². The van der Waals surface area contributed by atoms with E-state index >= 15 is 0 Å². The molecule has 0 N–H and O–H groups in total. The van der Waals surface area contributed by atoms with Crippen LogP contribution in [0, 0.1) is 6.92 Å². The summed E-state index contributed by atoms with van der Waals surface area (Å²) < 4.78 is 5.86. The average Bonchev–Trinajstić information content (AvgIpc) is 2.51. The topological polar surface area (TPSA) is 38.2 Å². The molecular formula is C16H19N3O. The maximum Gasteiger partial charge on any atom is 0.224 e. The molecule has 0 aliphatic carbocycles. The highest BCUT2D eigenvalue weighted by atomic mass is 16.5. The highest BCUT2D eigenvalue weighted by Crippen LogP contribution is 2.25. The minimum Gasteiger partial charge on any atom is -0.439 e. The second kappa shape index (κ2) is 5.90. The SMILES string of the molecule is Cc1ccccc1Oc1cc(N2CCCCC2)ncn1. The van der Waals surface area contributed by atoms with E-state index in [2.05, 4.69) is 14.9 Å². The highest BCUT2D eigenvalue weighted by Gasteiger charge is 2.13. The first-order chi connectivity index (χ1) is 9.83. The van der Waals surface area contributed by atoms with Crippen LogP contribution < -0.4 is 9.64 Å². The van der Waals surface area contributed by atoms with E-state index in [0.717, 1.165) is 30.2 Å². The fourth-order valence-electron chi connectivity index (χ4n) is 2.47. The van der Waals surface area contributed by atoms with Gasteiger partial charge < -0.3 is 9.64 Å². The summed E-state index contributed by atoms with van der Waals surface area (Å²) in [7, 11) is 0. The molecule has 1 aromatic heterocycles. The van der Waals surface area contributed by atoms with Gasteiger partial charge in [0.25, 0.3) is 0 Å². The van der Waals surface area contributed by atoms with Gasteiger partial charge in [-0.05, 0) is 37.8 Å². The third-order valence-electron chi connectivity index (χ3n) is 3.62. The van der Waals surface area contributed by atoms with E-state index in [1.165, 1.54) is 19.3 Å². The lowest BCUT2D eigenvalue weighted by Gasteiger charge is -2.27. The first-order valence-corrected chi connectivity index (χ1v) is 7.13. The van der Waals surface area contributed by atoms with E-state index in [-0.39, 0.29) is 0 Å². The normalized spacial score (nSPS) is 15.2. The van der Waals surface area contributed by atoms with E-state index in [1.54, 1.807) is 6.33 Å². The molecule has 0 spiro atoms. The number of nitrogens with zero attached hydrogens (tertiary/aromatic N) is 3. The summed E-state index contributed by atoms with van der Waals surface area (Å²) in [6, 6.07) is 9.88. The molecule has 4 nitrogen and oxygen atoms in total. The van der Waals surface area contributed by atoms with Crippen molar-refractivity contribution >= 4 is 5.82 Å². The molecule has 1 aliphatic heterocycles. The van der Waals surface area contributed by atoms with Gasteiger partial charge in [-0.2, -0.15) is 0 Å². The van der Waals surface area contributed by atoms with E-state index in [0.29, 0.717) is 5.88 Å². The summed E-state index contributed by atoms with van der Waals surface area (Å²) in [6.07, 6.45) is 5.36. The van der Waals surface area contributed by atoms with Crippen molar-refractivity contribution in [2.24, 2.45) is 0 Å². The standard InChI is InChI=1S/C16H19N3O/c1-13-7-3-4-8-14(13)20-16-11-15(17-12-18-16)19-9-5-2-6-10-19/h3-4,7-8,11-12H,2,5-6,9-10H2,1H3. The smallest absolute Gasteiger partial charge is 0.224 e. The lowest BCUT2D eigenvalue weighted by molar-refractivity contribution is 0.457. The Morgan fingerprint density at radius 2 is 1.85 bits per heavy atom. The Balaban J connectivity index is 1.79. The van der Waals surface area contributed by atoms with Crippen LogP contribution in [-0.4, -0.2) is 23.1 Å². The molecular weight excluding hydrogens is 250 g/mol. The zero-order valence-corrected chi connectivity index (χ0v) is 11.7. The van der Waals surface area contributed by atoms with Crippen LogP contribution in [-0.2, 0) is 0 Å². The molecule has 0 unspecified atom stereocenters. The number of benzene rings is 1. The van der Waals surface area contributed by atoms with Crippen molar-refractivity contribution in [3.63, 3.8) is 0 Å². The molecule has 0 saturated carbocycles. The number of ether oxygens (including phenoxy) is 1. The minimum atomic E-state index is 0.606. The van der Waals surface area contributed by atoms with Crippen LogP contribution in [0.15, 0.2) is 36.7 Å². The Hall–Kier alpha value is -2.10. The van der Waals surface area contributed by atoms with Crippen molar-refractivity contribution in [2.45, 2.75) is 26.2 Å². The minimum absolute atomic E-state index is 0.606. The fraction of sp³-hybridized carbons (Fsp3) is 0.375. The number of aromatic nitrogens is 2. The molecule has 0 atom stereocenters. The van der Waals surface area contributed by atoms with Gasteiger partial charge >= 0.3 is 0 Å². The number of para-hydroxylation sites is 1. The van der Waals surface area contributed by atoms with Crippen molar-refractivity contribution in [2.75, 3.05) is 18.0 Å². The Labute approximate surface area is 119 Å². The van der Waals surface area contributed by atoms with E-state index in [1.807, 2.05) is 37.3 Å². The fourth-order valence-corrected chi connectivity index (χ4v) is 2.47. The maximum atomic E-state index is 5.86. The molecule has 3 rings (SSSR count). The Bertz CT molecular complexity index is 579. The number of aryl methyl sites for hydroxylation is 1. The van der Waals surface area contributed by atoms with Crippen LogP contribution in [0.25, 0.3) is 0 Å². The lowest BCUT2D eigenvalue weighted by Crippen LogP contribution is -2.30. The molecule has 2 heterocycles. The van der Waals surface area contributed by atoms with Gasteiger partial charge in [-0.3, -0.25) is 0 Å². The van der Waals surface area contributed by atoms with E-state index in [9.17, 15) is 0 Å². The zero-order chi connectivity index (χ0) is 13.8. The molecule has 0 radical (unpaired) electrons. The van der Waals surface area contributed by atoms with Crippen molar-refractivity contribution in [3.05, 3.63) is 42.2 Å². The van der Waals surface area contributed by atoms with Gasteiger partial charge in [0.15, 0.2) is 0 Å². The number of anilines is 1. The molecule has 1 fully saturated rings. The summed E-state index contributed by atoms with van der Waals surface area (Å²) >= 11 is 0. The van der Waals surface area contributed by atoms with Gasteiger partial charge in [0.05, 0.1) is 0 Å². The van der Waals surface area contributed by atoms with Crippen molar-refractivity contribution in [1.82, 2.24) is 9.97 Å². The molecule has 1 saturated heterocycles. The lowest BCUT2D eigenvalue weighted by atomic mass is 10.1. The van der Waals surface area contributed by atoms with Crippen LogP contribution in [0.5, 0.6) is 11.6 Å². The quantitative estimate of drug-likeness (QED) is 0.853. The molecule has 20 heavy (non-hydrogen) atoms. The molecule has 2 aromatic rings. The number of hydrogen-bond acceptors (Lipinski definition) is 4. The second-order valence-corrected chi connectivity index (χ2v) is 5.13. The number of piperidine rings is 1. The van der Waals surface area contributed by atoms with Gasteiger partial charge in [0.1, 0.15) is 17.9 Å². The second-order valence-electron chi connectivity index (χ2n) is 5.13. The van der Waals surface area contributed by atoms with Gasteiger partial charge in [-0.1, -0.05) is 18.2 Å². The summed E-state index contributed by atoms with van der Waals surface area (Å²) in [4.78, 5) is 10.9. The van der Waals surface area contributed by atoms with Crippen molar-refractivity contribution in [1.29, 1.82) is 0 Å². The predicted octanol–water partition coefficient (Wildman–Crippen LogP) is 3.57. The van der Waals surface area contributed by atoms with Crippen LogP contribution in [0.3, 0.4) is 0 Å². The summed E-state index contributed by atoms with van der Waals surface area (Å²) in [5.41, 5.74) is 1.10. The largest absolute Gasteiger partial charge is 0.439 e. The van der Waals surface area contributed by atoms with Crippen LogP contribution in [0.4, 0.5) is 5.82 Å². The maximum absolute atomic E-state index is 5.86. The van der Waals surface area contributed by atoms with Crippen molar-refractivity contribution in [3.8, 4) is 11.6 Å². The molecule has 0 bridgehead atoms. The first kappa shape index (κ1) is 12.9. The van der Waals surface area contributed by atoms with Gasteiger partial charge in [0.2, 0.25) is 5.88 Å². The van der Waals surface area contributed by atoms with Gasteiger partial charge in [0, 0.05) is 19.2 Å². The summed E-state index contributed by atoms with van der Waals surface area (Å²) in [5.74, 6) is 2.41. The molecule has 0 amide bonds.